The summed E-state index contributed by atoms with van der Waals surface area (Å²) in [6.07, 6.45) is 0.724. The van der Waals surface area contributed by atoms with Crippen molar-refractivity contribution in [2.24, 2.45) is 0 Å². The molecule has 0 amide bonds. The van der Waals surface area contributed by atoms with Crippen LogP contribution in [0.15, 0.2) is 36.4 Å². The van der Waals surface area contributed by atoms with Gasteiger partial charge in [0.25, 0.3) is 0 Å². The highest BCUT2D eigenvalue weighted by atomic mass is 79.9. The molecule has 0 saturated heterocycles. The molecule has 0 radical (unpaired) electrons. The van der Waals surface area contributed by atoms with Crippen LogP contribution in [0.4, 0.5) is 5.69 Å². The monoisotopic (exact) mass is 369 g/mol. The molecule has 0 aromatic heterocycles. The smallest absolute Gasteiger partial charge is 0.311 e. The Labute approximate surface area is 136 Å². The van der Waals surface area contributed by atoms with Crippen LogP contribution in [-0.2, 0) is 11.8 Å². The normalized spacial score (nSPS) is 10.4. The van der Waals surface area contributed by atoms with Crippen molar-refractivity contribution in [1.29, 1.82) is 0 Å². The Kier molecular flexibility index (Phi) is 5.20. The second kappa shape index (κ2) is 6.91. The van der Waals surface area contributed by atoms with Gasteiger partial charge in [0.05, 0.1) is 9.95 Å². The minimum absolute atomic E-state index is 0.0602. The van der Waals surface area contributed by atoms with Gasteiger partial charge in [-0.25, -0.2) is 0 Å². The first-order chi connectivity index (χ1) is 10.0. The molecule has 0 aliphatic rings. The molecule has 0 saturated carbocycles. The van der Waals surface area contributed by atoms with E-state index in [2.05, 4.69) is 15.9 Å². The number of nitro benzene ring substituents is 1. The van der Waals surface area contributed by atoms with Crippen molar-refractivity contribution in [2.45, 2.75) is 18.7 Å². The predicted molar refractivity (Wildman–Crippen MR) is 86.6 cm³/mol. The van der Waals surface area contributed by atoms with Gasteiger partial charge in [0.1, 0.15) is 5.75 Å². The molecule has 0 atom stereocenters. The minimum Gasteiger partial charge on any atom is -0.449 e. The van der Waals surface area contributed by atoms with E-state index in [4.69, 9.17) is 16.3 Å². The maximum atomic E-state index is 11.2. The number of nitrogens with zero attached hydrogens (tertiary/aromatic N) is 1. The highest BCUT2D eigenvalue weighted by molar-refractivity contribution is 9.08. The van der Waals surface area contributed by atoms with Gasteiger partial charge in [-0.05, 0) is 35.7 Å². The van der Waals surface area contributed by atoms with Gasteiger partial charge in [-0.2, -0.15) is 0 Å². The van der Waals surface area contributed by atoms with E-state index in [0.29, 0.717) is 16.1 Å². The Morgan fingerprint density at radius 1 is 1.19 bits per heavy atom. The summed E-state index contributed by atoms with van der Waals surface area (Å²) in [4.78, 5) is 10.7. The minimum atomic E-state index is -0.449. The number of aryl methyl sites for hydroxylation is 1. The fourth-order valence-corrected chi connectivity index (χ4v) is 2.43. The van der Waals surface area contributed by atoms with E-state index >= 15 is 0 Å². The number of benzene rings is 2. The van der Waals surface area contributed by atoms with Crippen LogP contribution in [-0.4, -0.2) is 4.92 Å². The van der Waals surface area contributed by atoms with Gasteiger partial charge in [-0.15, -0.1) is 0 Å². The zero-order valence-electron chi connectivity index (χ0n) is 11.3. The molecule has 2 aromatic rings. The summed E-state index contributed by atoms with van der Waals surface area (Å²) in [7, 11) is 0. The highest BCUT2D eigenvalue weighted by Gasteiger charge is 2.17. The van der Waals surface area contributed by atoms with E-state index in [1.807, 2.05) is 19.1 Å². The first kappa shape index (κ1) is 15.8. The van der Waals surface area contributed by atoms with Gasteiger partial charge in [-0.1, -0.05) is 46.6 Å². The van der Waals surface area contributed by atoms with Crippen LogP contribution in [0.1, 0.15) is 18.1 Å². The summed E-state index contributed by atoms with van der Waals surface area (Å²) in [5, 5.41) is 12.2. The lowest BCUT2D eigenvalue weighted by atomic mass is 10.1. The number of hydrogen-bond acceptors (Lipinski definition) is 3. The van der Waals surface area contributed by atoms with Crippen molar-refractivity contribution < 1.29 is 9.66 Å². The van der Waals surface area contributed by atoms with Crippen LogP contribution in [0, 0.1) is 10.1 Å². The second-order valence-electron chi connectivity index (χ2n) is 4.41. The van der Waals surface area contributed by atoms with Crippen LogP contribution in [0.5, 0.6) is 11.5 Å². The average Bonchev–Trinajstić information content (AvgIpc) is 2.49. The van der Waals surface area contributed by atoms with Gasteiger partial charge in [0.15, 0.2) is 0 Å². The maximum absolute atomic E-state index is 11.2. The predicted octanol–water partition coefficient (Wildman–Crippen LogP) is 5.50. The lowest BCUT2D eigenvalue weighted by molar-refractivity contribution is -0.385. The van der Waals surface area contributed by atoms with E-state index in [9.17, 15) is 10.1 Å². The lowest BCUT2D eigenvalue weighted by Gasteiger charge is -2.09. The van der Waals surface area contributed by atoms with Crippen molar-refractivity contribution in [2.75, 3.05) is 0 Å². The number of rotatable bonds is 5. The average molecular weight is 371 g/mol. The Bertz CT molecular complexity index is 676. The van der Waals surface area contributed by atoms with E-state index in [1.165, 1.54) is 6.07 Å². The van der Waals surface area contributed by atoms with E-state index < -0.39 is 4.92 Å². The zero-order valence-corrected chi connectivity index (χ0v) is 13.6. The summed E-state index contributed by atoms with van der Waals surface area (Å²) >= 11 is 9.47. The molecule has 0 bridgehead atoms. The summed E-state index contributed by atoms with van der Waals surface area (Å²) in [6.45, 7) is 1.94. The van der Waals surface area contributed by atoms with Crippen LogP contribution in [0.25, 0.3) is 0 Å². The third-order valence-corrected chi connectivity index (χ3v) is 3.94. The molecule has 0 spiro atoms. The molecule has 2 rings (SSSR count). The van der Waals surface area contributed by atoms with Crippen LogP contribution in [0.3, 0.4) is 0 Å². The van der Waals surface area contributed by atoms with Crippen molar-refractivity contribution in [3.63, 3.8) is 0 Å². The summed E-state index contributed by atoms with van der Waals surface area (Å²) in [5.74, 6) is 0.583. The van der Waals surface area contributed by atoms with Gasteiger partial charge < -0.3 is 4.74 Å². The maximum Gasteiger partial charge on any atom is 0.311 e. The standard InChI is InChI=1S/C15H13BrClNO3/c1-2-10-3-6-15(13(8-10)18(19)20)21-14-5-4-11(9-16)7-12(14)17/h3-8H,2,9H2,1H3. The third-order valence-electron chi connectivity index (χ3n) is 3.00. The Hall–Kier alpha value is -1.59. The van der Waals surface area contributed by atoms with E-state index in [1.54, 1.807) is 18.2 Å². The second-order valence-corrected chi connectivity index (χ2v) is 5.38. The molecular formula is C15H13BrClNO3. The summed E-state index contributed by atoms with van der Waals surface area (Å²) < 4.78 is 5.61. The molecule has 0 aliphatic heterocycles. The van der Waals surface area contributed by atoms with E-state index in [0.717, 1.165) is 17.5 Å². The van der Waals surface area contributed by atoms with Gasteiger partial charge >= 0.3 is 5.69 Å². The van der Waals surface area contributed by atoms with Crippen molar-refractivity contribution in [1.82, 2.24) is 0 Å². The summed E-state index contributed by atoms with van der Waals surface area (Å²) in [6, 6.07) is 10.3. The Balaban J connectivity index is 2.37. The third kappa shape index (κ3) is 3.74. The number of alkyl halides is 1. The summed E-state index contributed by atoms with van der Waals surface area (Å²) in [5.41, 5.74) is 1.83. The largest absolute Gasteiger partial charge is 0.449 e. The molecule has 0 aliphatic carbocycles. The van der Waals surface area contributed by atoms with Crippen LogP contribution < -0.4 is 4.74 Å². The molecule has 0 N–H and O–H groups in total. The molecule has 21 heavy (non-hydrogen) atoms. The molecule has 0 unspecified atom stereocenters. The Morgan fingerprint density at radius 3 is 2.43 bits per heavy atom. The Morgan fingerprint density at radius 2 is 1.86 bits per heavy atom. The number of halogens is 2. The van der Waals surface area contributed by atoms with Gasteiger partial charge in [-0.3, -0.25) is 10.1 Å². The van der Waals surface area contributed by atoms with Gasteiger partial charge in [0.2, 0.25) is 5.75 Å². The fraction of sp³-hybridized carbons (Fsp3) is 0.200. The SMILES string of the molecule is CCc1ccc(Oc2ccc(CBr)cc2Cl)c([N+](=O)[O-])c1. The van der Waals surface area contributed by atoms with E-state index in [-0.39, 0.29) is 11.4 Å². The first-order valence-electron chi connectivity index (χ1n) is 6.34. The molecule has 0 fully saturated rings. The number of ether oxygens (including phenoxy) is 1. The quantitative estimate of drug-likeness (QED) is 0.397. The zero-order chi connectivity index (χ0) is 15.4. The topological polar surface area (TPSA) is 52.4 Å². The fourth-order valence-electron chi connectivity index (χ4n) is 1.84. The lowest BCUT2D eigenvalue weighted by Crippen LogP contribution is -1.95. The number of hydrogen-bond donors (Lipinski definition) is 0. The van der Waals surface area contributed by atoms with Crippen molar-refractivity contribution >= 4 is 33.2 Å². The first-order valence-corrected chi connectivity index (χ1v) is 7.84. The highest BCUT2D eigenvalue weighted by Crippen LogP contribution is 2.36. The molecule has 110 valence electrons. The van der Waals surface area contributed by atoms with Gasteiger partial charge in [0, 0.05) is 11.4 Å². The molecule has 4 nitrogen and oxygen atoms in total. The number of nitro groups is 1. The molecule has 0 heterocycles. The molecule has 6 heteroatoms. The van der Waals surface area contributed by atoms with Crippen LogP contribution in [0.2, 0.25) is 5.02 Å². The molecular weight excluding hydrogens is 358 g/mol. The van der Waals surface area contributed by atoms with Crippen molar-refractivity contribution in [3.05, 3.63) is 62.7 Å². The van der Waals surface area contributed by atoms with Crippen LogP contribution >= 0.6 is 27.5 Å². The molecule has 2 aromatic carbocycles. The van der Waals surface area contributed by atoms with Crippen molar-refractivity contribution in [3.8, 4) is 11.5 Å².